The number of aromatic nitrogens is 3. The molecule has 1 aromatic carbocycles. The summed E-state index contributed by atoms with van der Waals surface area (Å²) in [6.07, 6.45) is 4.66. The zero-order valence-corrected chi connectivity index (χ0v) is 20.7. The Morgan fingerprint density at radius 3 is 2.61 bits per heavy atom. The number of anilines is 1. The number of benzene rings is 1. The SMILES string of the molecule is CC(C)(C)OC(=O)n1c(CO)cc2ccc(Cn3ccc4c(N5CCOCC5)cncc4c3=O)cc21. The van der Waals surface area contributed by atoms with Crippen LogP contribution in [0.1, 0.15) is 32.0 Å². The molecule has 188 valence electrons. The van der Waals surface area contributed by atoms with Crippen molar-refractivity contribution in [1.29, 1.82) is 0 Å². The molecule has 0 radical (unpaired) electrons. The van der Waals surface area contributed by atoms with Crippen LogP contribution in [0.25, 0.3) is 21.7 Å². The molecule has 0 atom stereocenters. The Bertz CT molecular complexity index is 1490. The van der Waals surface area contributed by atoms with E-state index < -0.39 is 11.7 Å². The van der Waals surface area contributed by atoms with E-state index in [-0.39, 0.29) is 12.2 Å². The largest absolute Gasteiger partial charge is 0.443 e. The Labute approximate surface area is 208 Å². The smallest absolute Gasteiger partial charge is 0.419 e. The molecule has 0 bridgehead atoms. The molecule has 0 saturated carbocycles. The van der Waals surface area contributed by atoms with Gasteiger partial charge in [0.1, 0.15) is 5.60 Å². The number of aliphatic hydroxyl groups excluding tert-OH is 1. The minimum atomic E-state index is -0.676. The fourth-order valence-electron chi connectivity index (χ4n) is 4.61. The number of fused-ring (bicyclic) bond motifs is 2. The van der Waals surface area contributed by atoms with Crippen LogP contribution >= 0.6 is 0 Å². The molecule has 36 heavy (non-hydrogen) atoms. The summed E-state index contributed by atoms with van der Waals surface area (Å²) in [7, 11) is 0. The number of carbonyl (C=O) groups excluding carboxylic acids is 1. The second kappa shape index (κ2) is 9.40. The summed E-state index contributed by atoms with van der Waals surface area (Å²) in [6, 6.07) is 9.38. The standard InChI is InChI=1S/C27H30N4O5/c1-27(2,3)36-26(34)31-20(17-32)13-19-5-4-18(12-23(19)31)16-30-7-6-21-22(25(30)33)14-28-15-24(21)29-8-10-35-11-9-29/h4-7,12-15,32H,8-11,16-17H2,1-3H3. The lowest BCUT2D eigenvalue weighted by Gasteiger charge is -2.29. The quantitative estimate of drug-likeness (QED) is 0.467. The molecule has 9 heteroatoms. The Morgan fingerprint density at radius 1 is 1.11 bits per heavy atom. The molecule has 9 nitrogen and oxygen atoms in total. The van der Waals surface area contributed by atoms with Crippen LogP contribution in [0, 0.1) is 0 Å². The van der Waals surface area contributed by atoms with Crippen molar-refractivity contribution in [3.05, 3.63) is 70.5 Å². The average molecular weight is 491 g/mol. The van der Waals surface area contributed by atoms with Crippen LogP contribution in [0.4, 0.5) is 10.5 Å². The Morgan fingerprint density at radius 2 is 1.89 bits per heavy atom. The molecule has 0 unspecified atom stereocenters. The third-order valence-corrected chi connectivity index (χ3v) is 6.27. The van der Waals surface area contributed by atoms with Crippen LogP contribution in [0.15, 0.2) is 53.7 Å². The lowest BCUT2D eigenvalue weighted by molar-refractivity contribution is 0.0533. The van der Waals surface area contributed by atoms with Crippen LogP contribution < -0.4 is 10.5 Å². The van der Waals surface area contributed by atoms with E-state index in [2.05, 4.69) is 9.88 Å². The minimum absolute atomic E-state index is 0.131. The van der Waals surface area contributed by atoms with Gasteiger partial charge in [0.25, 0.3) is 5.56 Å². The summed E-state index contributed by atoms with van der Waals surface area (Å²) >= 11 is 0. The maximum atomic E-state index is 13.4. The van der Waals surface area contributed by atoms with Crippen molar-refractivity contribution < 1.29 is 19.4 Å². The molecule has 5 rings (SSSR count). The van der Waals surface area contributed by atoms with Crippen LogP contribution in [0.2, 0.25) is 0 Å². The van der Waals surface area contributed by atoms with Gasteiger partial charge in [0.2, 0.25) is 0 Å². The average Bonchev–Trinajstić information content (AvgIpc) is 3.23. The van der Waals surface area contributed by atoms with Gasteiger partial charge in [0, 0.05) is 36.3 Å². The predicted octanol–water partition coefficient (Wildman–Crippen LogP) is 3.51. The van der Waals surface area contributed by atoms with E-state index in [1.165, 1.54) is 4.57 Å². The molecule has 1 fully saturated rings. The van der Waals surface area contributed by atoms with Gasteiger partial charge in [-0.25, -0.2) is 9.36 Å². The first-order valence-electron chi connectivity index (χ1n) is 12.0. The minimum Gasteiger partial charge on any atom is -0.443 e. The maximum Gasteiger partial charge on any atom is 0.419 e. The van der Waals surface area contributed by atoms with E-state index >= 15 is 0 Å². The van der Waals surface area contributed by atoms with Gasteiger partial charge in [-0.3, -0.25) is 9.78 Å². The first-order chi connectivity index (χ1) is 17.2. The van der Waals surface area contributed by atoms with Crippen LogP contribution in [-0.2, 0) is 22.6 Å². The van der Waals surface area contributed by atoms with Crippen molar-refractivity contribution in [2.45, 2.75) is 39.5 Å². The highest BCUT2D eigenvalue weighted by molar-refractivity contribution is 5.93. The Kier molecular flexibility index (Phi) is 6.27. The number of aliphatic hydroxyl groups is 1. The highest BCUT2D eigenvalue weighted by Gasteiger charge is 2.22. The second-order valence-corrected chi connectivity index (χ2v) is 9.97. The van der Waals surface area contributed by atoms with Gasteiger partial charge in [-0.2, -0.15) is 0 Å². The molecule has 1 aliphatic heterocycles. The lowest BCUT2D eigenvalue weighted by Crippen LogP contribution is -2.36. The van der Waals surface area contributed by atoms with Gasteiger partial charge in [-0.05, 0) is 44.5 Å². The predicted molar refractivity (Wildman–Crippen MR) is 138 cm³/mol. The van der Waals surface area contributed by atoms with Gasteiger partial charge < -0.3 is 24.0 Å². The highest BCUT2D eigenvalue weighted by Crippen LogP contribution is 2.26. The molecule has 0 aliphatic carbocycles. The molecule has 4 heterocycles. The van der Waals surface area contributed by atoms with Gasteiger partial charge in [-0.15, -0.1) is 0 Å². The third-order valence-electron chi connectivity index (χ3n) is 6.27. The van der Waals surface area contributed by atoms with Crippen molar-refractivity contribution in [2.24, 2.45) is 0 Å². The van der Waals surface area contributed by atoms with Crippen molar-refractivity contribution in [2.75, 3.05) is 31.2 Å². The number of pyridine rings is 2. The molecular weight excluding hydrogens is 460 g/mol. The van der Waals surface area contributed by atoms with Crippen molar-refractivity contribution in [3.8, 4) is 0 Å². The van der Waals surface area contributed by atoms with Crippen LogP contribution in [-0.4, -0.2) is 57.2 Å². The van der Waals surface area contributed by atoms with Gasteiger partial charge in [-0.1, -0.05) is 12.1 Å². The van der Waals surface area contributed by atoms with Gasteiger partial charge >= 0.3 is 6.09 Å². The second-order valence-electron chi connectivity index (χ2n) is 9.97. The fraction of sp³-hybridized carbons (Fsp3) is 0.370. The number of nitrogens with zero attached hydrogens (tertiary/aromatic N) is 4. The summed E-state index contributed by atoms with van der Waals surface area (Å²) in [5.41, 5.74) is 2.04. The van der Waals surface area contributed by atoms with E-state index in [9.17, 15) is 14.7 Å². The fourth-order valence-corrected chi connectivity index (χ4v) is 4.61. The number of morpholine rings is 1. The lowest BCUT2D eigenvalue weighted by atomic mass is 10.1. The van der Waals surface area contributed by atoms with Crippen molar-refractivity contribution >= 4 is 33.5 Å². The van der Waals surface area contributed by atoms with E-state index in [4.69, 9.17) is 9.47 Å². The number of ether oxygens (including phenoxy) is 2. The molecule has 3 aromatic heterocycles. The molecular formula is C27H30N4O5. The number of hydrogen-bond acceptors (Lipinski definition) is 7. The highest BCUT2D eigenvalue weighted by atomic mass is 16.6. The first-order valence-corrected chi connectivity index (χ1v) is 12.0. The molecule has 4 aromatic rings. The summed E-state index contributed by atoms with van der Waals surface area (Å²) in [5, 5.41) is 12.1. The van der Waals surface area contributed by atoms with Crippen molar-refractivity contribution in [3.63, 3.8) is 0 Å². The van der Waals surface area contributed by atoms with Gasteiger partial charge in [0.05, 0.1) is 54.8 Å². The summed E-state index contributed by atoms with van der Waals surface area (Å²) < 4.78 is 14.0. The Hall–Kier alpha value is -3.69. The zero-order valence-electron chi connectivity index (χ0n) is 20.7. The summed E-state index contributed by atoms with van der Waals surface area (Å²) in [5.74, 6) is 0. The topological polar surface area (TPSA) is 98.8 Å². The normalized spacial score (nSPS) is 14.5. The van der Waals surface area contributed by atoms with Crippen LogP contribution in [0.3, 0.4) is 0 Å². The Balaban J connectivity index is 1.51. The first kappa shape index (κ1) is 24.0. The summed E-state index contributed by atoms with van der Waals surface area (Å²) in [6.45, 7) is 8.24. The van der Waals surface area contributed by atoms with E-state index in [0.29, 0.717) is 36.4 Å². The molecule has 1 N–H and O–H groups in total. The summed E-state index contributed by atoms with van der Waals surface area (Å²) in [4.78, 5) is 32.8. The zero-order chi connectivity index (χ0) is 25.4. The molecule has 1 saturated heterocycles. The number of hydrogen-bond donors (Lipinski definition) is 1. The van der Waals surface area contributed by atoms with Crippen molar-refractivity contribution in [1.82, 2.24) is 14.1 Å². The number of carbonyl (C=O) groups is 1. The van der Waals surface area contributed by atoms with E-state index in [1.807, 2.05) is 24.3 Å². The molecule has 1 aliphatic rings. The van der Waals surface area contributed by atoms with Gasteiger partial charge in [0.15, 0.2) is 0 Å². The number of rotatable bonds is 4. The maximum absolute atomic E-state index is 13.4. The van der Waals surface area contributed by atoms with E-state index in [0.717, 1.165) is 35.1 Å². The van der Waals surface area contributed by atoms with E-state index in [1.54, 1.807) is 50.0 Å². The van der Waals surface area contributed by atoms with Crippen LogP contribution in [0.5, 0.6) is 0 Å². The monoisotopic (exact) mass is 490 g/mol. The molecule has 0 spiro atoms. The third kappa shape index (κ3) is 4.59. The molecule has 0 amide bonds.